The van der Waals surface area contributed by atoms with Gasteiger partial charge < -0.3 is 4.74 Å². The van der Waals surface area contributed by atoms with E-state index in [1.165, 1.54) is 5.56 Å². The van der Waals surface area contributed by atoms with Crippen molar-refractivity contribution in [2.24, 2.45) is 5.10 Å². The van der Waals surface area contributed by atoms with E-state index in [1.54, 1.807) is 6.21 Å². The molecule has 1 amide bonds. The molecule has 144 valence electrons. The smallest absolute Gasteiger partial charge is 0.277 e. The van der Waals surface area contributed by atoms with Gasteiger partial charge in [0.05, 0.1) is 6.21 Å². The predicted molar refractivity (Wildman–Crippen MR) is 115 cm³/mol. The van der Waals surface area contributed by atoms with E-state index < -0.39 is 0 Å². The number of carbonyl (C=O) groups is 1. The highest BCUT2D eigenvalue weighted by Gasteiger charge is 2.12. The molecular formula is C22H27BrN2O2. The van der Waals surface area contributed by atoms with Gasteiger partial charge in [0.15, 0.2) is 6.61 Å². The molecule has 0 heterocycles. The van der Waals surface area contributed by atoms with Gasteiger partial charge in [0, 0.05) is 10.0 Å². The number of rotatable bonds is 6. The molecule has 0 fully saturated rings. The molecule has 0 aromatic heterocycles. The van der Waals surface area contributed by atoms with E-state index in [2.05, 4.69) is 59.4 Å². The predicted octanol–water partition coefficient (Wildman–Crippen LogP) is 5.34. The number of hydrogen-bond donors (Lipinski definition) is 1. The molecule has 5 heteroatoms. The van der Waals surface area contributed by atoms with Gasteiger partial charge in [-0.2, -0.15) is 5.10 Å². The highest BCUT2D eigenvalue weighted by atomic mass is 79.9. The van der Waals surface area contributed by atoms with Gasteiger partial charge in [0.1, 0.15) is 5.75 Å². The first-order chi connectivity index (χ1) is 12.7. The van der Waals surface area contributed by atoms with E-state index in [4.69, 9.17) is 4.74 Å². The van der Waals surface area contributed by atoms with Crippen LogP contribution in [0, 0.1) is 27.7 Å². The lowest BCUT2D eigenvalue weighted by Gasteiger charge is -2.15. The van der Waals surface area contributed by atoms with Crippen molar-refractivity contribution in [3.63, 3.8) is 0 Å². The second-order valence-electron chi connectivity index (χ2n) is 7.19. The van der Waals surface area contributed by atoms with E-state index in [0.717, 1.165) is 38.0 Å². The van der Waals surface area contributed by atoms with Crippen LogP contribution in [-0.4, -0.2) is 18.7 Å². The Morgan fingerprint density at radius 2 is 1.74 bits per heavy atom. The Kier molecular flexibility index (Phi) is 7.19. The molecule has 27 heavy (non-hydrogen) atoms. The second-order valence-corrected chi connectivity index (χ2v) is 8.04. The maximum Gasteiger partial charge on any atom is 0.277 e. The summed E-state index contributed by atoms with van der Waals surface area (Å²) in [6, 6.07) is 8.20. The lowest BCUT2D eigenvalue weighted by atomic mass is 10.0. The van der Waals surface area contributed by atoms with Crippen molar-refractivity contribution in [3.05, 3.63) is 62.1 Å². The van der Waals surface area contributed by atoms with Crippen LogP contribution in [-0.2, 0) is 4.79 Å². The Labute approximate surface area is 170 Å². The summed E-state index contributed by atoms with van der Waals surface area (Å²) in [7, 11) is 0. The van der Waals surface area contributed by atoms with Gasteiger partial charge in [0.2, 0.25) is 0 Å². The standard InChI is InChI=1S/C22H27BrN2O2/c1-13(2)18-10-20(23)17(6)9-21(18)27-12-22(26)25-24-11-19-15(4)7-14(3)8-16(19)5/h7-11,13H,12H2,1-6H3,(H,25,26). The number of ether oxygens (including phenoxy) is 1. The number of nitrogens with zero attached hydrogens (tertiary/aromatic N) is 1. The normalized spacial score (nSPS) is 11.3. The van der Waals surface area contributed by atoms with Crippen LogP contribution in [0.15, 0.2) is 33.8 Å². The zero-order chi connectivity index (χ0) is 20.1. The summed E-state index contributed by atoms with van der Waals surface area (Å²) in [5.41, 5.74) is 9.17. The highest BCUT2D eigenvalue weighted by molar-refractivity contribution is 9.10. The zero-order valence-electron chi connectivity index (χ0n) is 16.8. The first-order valence-corrected chi connectivity index (χ1v) is 9.81. The number of carbonyl (C=O) groups excluding carboxylic acids is 1. The van der Waals surface area contributed by atoms with Crippen LogP contribution < -0.4 is 10.2 Å². The maximum absolute atomic E-state index is 12.1. The zero-order valence-corrected chi connectivity index (χ0v) is 18.4. The molecule has 0 bridgehead atoms. The Morgan fingerprint density at radius 1 is 1.11 bits per heavy atom. The van der Waals surface area contributed by atoms with E-state index in [9.17, 15) is 4.79 Å². The van der Waals surface area contributed by atoms with E-state index in [1.807, 2.05) is 32.9 Å². The third-order valence-electron chi connectivity index (χ3n) is 4.39. The fourth-order valence-corrected chi connectivity index (χ4v) is 3.35. The number of hydrogen-bond acceptors (Lipinski definition) is 3. The molecule has 0 atom stereocenters. The van der Waals surface area contributed by atoms with Crippen molar-refractivity contribution < 1.29 is 9.53 Å². The van der Waals surface area contributed by atoms with Crippen LogP contribution >= 0.6 is 15.9 Å². The summed E-state index contributed by atoms with van der Waals surface area (Å²) < 4.78 is 6.79. The van der Waals surface area contributed by atoms with Crippen LogP contribution in [0.1, 0.15) is 53.1 Å². The minimum absolute atomic E-state index is 0.0794. The number of aryl methyl sites for hydroxylation is 4. The highest BCUT2D eigenvalue weighted by Crippen LogP contribution is 2.32. The first kappa shape index (κ1) is 21.2. The molecular weight excluding hydrogens is 404 g/mol. The molecule has 4 nitrogen and oxygen atoms in total. The number of benzene rings is 2. The van der Waals surface area contributed by atoms with Crippen molar-refractivity contribution in [2.45, 2.75) is 47.5 Å². The van der Waals surface area contributed by atoms with Crippen molar-refractivity contribution in [1.29, 1.82) is 0 Å². The number of hydrazone groups is 1. The second kappa shape index (κ2) is 9.18. The summed E-state index contributed by atoms with van der Waals surface area (Å²) in [6.45, 7) is 12.3. The Balaban J connectivity index is 2.01. The fraction of sp³-hybridized carbons (Fsp3) is 0.364. The van der Waals surface area contributed by atoms with E-state index in [-0.39, 0.29) is 12.5 Å². The molecule has 0 saturated heterocycles. The van der Waals surface area contributed by atoms with Crippen LogP contribution in [0.25, 0.3) is 0 Å². The molecule has 0 saturated carbocycles. The number of nitrogens with one attached hydrogen (secondary N) is 1. The first-order valence-electron chi connectivity index (χ1n) is 9.01. The summed E-state index contributed by atoms with van der Waals surface area (Å²) in [5, 5.41) is 4.08. The van der Waals surface area contributed by atoms with Gasteiger partial charge in [-0.25, -0.2) is 5.43 Å². The molecule has 2 aromatic carbocycles. The average Bonchev–Trinajstić information content (AvgIpc) is 2.57. The molecule has 0 spiro atoms. The summed E-state index contributed by atoms with van der Waals surface area (Å²) >= 11 is 3.55. The molecule has 0 aliphatic carbocycles. The summed E-state index contributed by atoms with van der Waals surface area (Å²) in [6.07, 6.45) is 1.69. The lowest BCUT2D eigenvalue weighted by Crippen LogP contribution is -2.25. The summed E-state index contributed by atoms with van der Waals surface area (Å²) in [4.78, 5) is 12.1. The van der Waals surface area contributed by atoms with Gasteiger partial charge in [0.25, 0.3) is 5.91 Å². The van der Waals surface area contributed by atoms with Crippen molar-refractivity contribution in [2.75, 3.05) is 6.61 Å². The minimum Gasteiger partial charge on any atom is -0.483 e. The molecule has 2 rings (SSSR count). The number of amides is 1. The van der Waals surface area contributed by atoms with Crippen molar-refractivity contribution >= 4 is 28.1 Å². The van der Waals surface area contributed by atoms with Crippen LogP contribution in [0.3, 0.4) is 0 Å². The van der Waals surface area contributed by atoms with Crippen LogP contribution in [0.5, 0.6) is 5.75 Å². The lowest BCUT2D eigenvalue weighted by molar-refractivity contribution is -0.123. The third-order valence-corrected chi connectivity index (χ3v) is 5.25. The van der Waals surface area contributed by atoms with Gasteiger partial charge >= 0.3 is 0 Å². The molecule has 0 radical (unpaired) electrons. The molecule has 0 aliphatic rings. The van der Waals surface area contributed by atoms with Crippen molar-refractivity contribution in [1.82, 2.24) is 5.43 Å². The van der Waals surface area contributed by atoms with Gasteiger partial charge in [-0.1, -0.05) is 47.5 Å². The quantitative estimate of drug-likeness (QED) is 0.496. The van der Waals surface area contributed by atoms with E-state index >= 15 is 0 Å². The molecule has 0 aliphatic heterocycles. The SMILES string of the molecule is Cc1cc(C)c(C=NNC(=O)COc2cc(C)c(Br)cc2C(C)C)c(C)c1. The Bertz CT molecular complexity index is 850. The number of halogens is 1. The largest absolute Gasteiger partial charge is 0.483 e. The van der Waals surface area contributed by atoms with Crippen LogP contribution in [0.2, 0.25) is 0 Å². The Hall–Kier alpha value is -2.14. The van der Waals surface area contributed by atoms with Gasteiger partial charge in [-0.3, -0.25) is 4.79 Å². The fourth-order valence-electron chi connectivity index (χ4n) is 2.99. The van der Waals surface area contributed by atoms with Gasteiger partial charge in [-0.15, -0.1) is 0 Å². The summed E-state index contributed by atoms with van der Waals surface area (Å²) in [5.74, 6) is 0.740. The van der Waals surface area contributed by atoms with Crippen molar-refractivity contribution in [3.8, 4) is 5.75 Å². The third kappa shape index (κ3) is 5.67. The molecule has 1 N–H and O–H groups in total. The van der Waals surface area contributed by atoms with Crippen LogP contribution in [0.4, 0.5) is 0 Å². The van der Waals surface area contributed by atoms with E-state index in [0.29, 0.717) is 5.92 Å². The average molecular weight is 431 g/mol. The molecule has 0 unspecified atom stereocenters. The molecule has 2 aromatic rings. The van der Waals surface area contributed by atoms with Gasteiger partial charge in [-0.05, 0) is 68.0 Å². The maximum atomic E-state index is 12.1. The minimum atomic E-state index is -0.288. The topological polar surface area (TPSA) is 50.7 Å². The Morgan fingerprint density at radius 3 is 2.33 bits per heavy atom. The monoisotopic (exact) mass is 430 g/mol.